The summed E-state index contributed by atoms with van der Waals surface area (Å²) in [6.07, 6.45) is 13.0. The van der Waals surface area contributed by atoms with Crippen LogP contribution in [0.25, 0.3) is 33.1 Å². The lowest BCUT2D eigenvalue weighted by atomic mass is 10.1. The zero-order valence-corrected chi connectivity index (χ0v) is 47.0. The zero-order chi connectivity index (χ0) is 56.6. The molecule has 8 heterocycles. The first-order valence-corrected chi connectivity index (χ1v) is 29.1. The van der Waals surface area contributed by atoms with Crippen molar-refractivity contribution in [2.24, 2.45) is 0 Å². The molecule has 82 heavy (non-hydrogen) atoms. The molecule has 12 rings (SSSR count). The minimum absolute atomic E-state index is 0.0572. The quantitative estimate of drug-likeness (QED) is 0.0366. The first-order chi connectivity index (χ1) is 40.1. The number of aromatic amines is 3. The summed E-state index contributed by atoms with van der Waals surface area (Å²) in [7, 11) is 1.61. The van der Waals surface area contributed by atoms with Crippen LogP contribution in [0.4, 0.5) is 17.1 Å². The molecule has 2 fully saturated rings. The van der Waals surface area contributed by atoms with Crippen LogP contribution >= 0.6 is 35.3 Å². The van der Waals surface area contributed by atoms with Crippen LogP contribution < -0.4 is 20.7 Å². The van der Waals surface area contributed by atoms with E-state index < -0.39 is 0 Å². The number of thioether (sulfide) groups is 3. The Kier molecular flexibility index (Phi) is 19.0. The monoisotopic (exact) mass is 1160 g/mol. The highest BCUT2D eigenvalue weighted by Crippen LogP contribution is 2.31. The highest BCUT2D eigenvalue weighted by molar-refractivity contribution is 7.99. The summed E-state index contributed by atoms with van der Waals surface area (Å²) in [5.41, 5.74) is 8.61. The molecule has 2 atom stereocenters. The van der Waals surface area contributed by atoms with Crippen molar-refractivity contribution < 1.29 is 28.7 Å². The number of hydrogen-bond donors (Lipinski definition) is 6. The first-order valence-electron chi connectivity index (χ1n) is 26.1. The Labute approximate surface area is 483 Å². The van der Waals surface area contributed by atoms with Crippen molar-refractivity contribution >= 4 is 109 Å². The molecular weight excluding hydrogens is 1100 g/mol. The van der Waals surface area contributed by atoms with Crippen molar-refractivity contribution in [3.8, 4) is 5.75 Å². The van der Waals surface area contributed by atoms with Gasteiger partial charge >= 0.3 is 0 Å². The standard InChI is InChI=1S/C21H19N5O2S.C19H20N6O2S.C17H17N5O2S/c1-28-17-7-3-4-14(9-17)10-19(27)25-16-6-2-5-15(8-16)12-29-21-18-11-24-26-20(18)22-13-23-21;1-12(26)25-7-3-6-16(25)18(27)23-14-5-2-4-13(8-14)10-28-19-15-9-22-24-17(15)20-11-21-19;23-16(14-5-2-6-24-14)21-12-4-1-3-11(7-12)9-25-17-13-8-20-22-15(13)18-10-19-17/h2-9,11,13H,10,12H2,1H3,(H,25,27)(H,22,23,24,26);2,4-5,8-9,11,16H,3,6-7,10H2,1H3,(H,23,27)(H,20,21,22,24);1,3-4,7-8,10,14H,2,5-6,9H2,(H,21,23)(H,18,19,20,22)/t;16-;/m.1./s1. The maximum atomic E-state index is 12.6. The fraction of sp³-hybridized carbons (Fsp3) is 0.246. The van der Waals surface area contributed by atoms with Crippen LogP contribution in [0.3, 0.4) is 0 Å². The van der Waals surface area contributed by atoms with Gasteiger partial charge in [0.05, 0.1) is 48.3 Å². The third kappa shape index (κ3) is 15.0. The lowest BCUT2D eigenvalue weighted by Gasteiger charge is -2.22. The van der Waals surface area contributed by atoms with Gasteiger partial charge in [-0.05, 0) is 96.5 Å². The molecular formula is C57H56N16O6S3. The van der Waals surface area contributed by atoms with Gasteiger partial charge in [-0.15, -0.1) is 35.3 Å². The molecule has 6 N–H and O–H groups in total. The molecule has 0 bridgehead atoms. The van der Waals surface area contributed by atoms with Crippen molar-refractivity contribution in [3.63, 3.8) is 0 Å². The van der Waals surface area contributed by atoms with Crippen molar-refractivity contribution in [2.45, 2.75) is 83.5 Å². The van der Waals surface area contributed by atoms with E-state index in [2.05, 4.69) is 76.4 Å². The predicted octanol–water partition coefficient (Wildman–Crippen LogP) is 9.19. The molecule has 2 aliphatic rings. The van der Waals surface area contributed by atoms with E-state index in [1.54, 1.807) is 65.9 Å². The number of nitrogens with one attached hydrogen (secondary N) is 6. The molecule has 0 radical (unpaired) electrons. The van der Waals surface area contributed by atoms with Crippen LogP contribution in [0.1, 0.15) is 54.9 Å². The Bertz CT molecular complexity index is 3830. The van der Waals surface area contributed by atoms with E-state index >= 15 is 0 Å². The third-order valence-electron chi connectivity index (χ3n) is 13.0. The van der Waals surface area contributed by atoms with Crippen molar-refractivity contribution in [3.05, 3.63) is 157 Å². The molecule has 0 spiro atoms. The number of aromatic nitrogens is 12. The van der Waals surface area contributed by atoms with Crippen molar-refractivity contribution in [1.82, 2.24) is 65.4 Å². The maximum absolute atomic E-state index is 12.6. The largest absolute Gasteiger partial charge is 0.497 e. The Morgan fingerprint density at radius 2 is 1.06 bits per heavy atom. The van der Waals surface area contributed by atoms with E-state index in [1.807, 2.05) is 97.1 Å². The number of carbonyl (C=O) groups excluding carboxylic acids is 4. The number of carbonyl (C=O) groups is 4. The highest BCUT2D eigenvalue weighted by atomic mass is 32.2. The Morgan fingerprint density at radius 3 is 1.54 bits per heavy atom. The van der Waals surface area contributed by atoms with Gasteiger partial charge in [-0.3, -0.25) is 34.5 Å². The van der Waals surface area contributed by atoms with E-state index in [4.69, 9.17) is 9.47 Å². The molecule has 22 nitrogen and oxygen atoms in total. The topological polar surface area (TPSA) is 289 Å². The smallest absolute Gasteiger partial charge is 0.253 e. The molecule has 0 saturated carbocycles. The first kappa shape index (κ1) is 56.5. The van der Waals surface area contributed by atoms with Crippen LogP contribution in [0.2, 0.25) is 0 Å². The molecule has 4 aromatic carbocycles. The fourth-order valence-corrected chi connectivity index (χ4v) is 11.8. The van der Waals surface area contributed by atoms with E-state index in [0.717, 1.165) is 118 Å². The number of benzene rings is 4. The lowest BCUT2D eigenvalue weighted by Crippen LogP contribution is -2.42. The number of rotatable bonds is 17. The number of likely N-dealkylation sites (tertiary alicyclic amines) is 1. The summed E-state index contributed by atoms with van der Waals surface area (Å²) in [4.78, 5) is 75.9. The normalized spacial score (nSPS) is 14.6. The van der Waals surface area contributed by atoms with Gasteiger partial charge in [-0.25, -0.2) is 29.9 Å². The molecule has 1 unspecified atom stereocenters. The Morgan fingerprint density at radius 1 is 0.585 bits per heavy atom. The molecule has 2 aliphatic heterocycles. The van der Waals surface area contributed by atoms with Gasteiger partial charge < -0.3 is 30.3 Å². The fourth-order valence-electron chi connectivity index (χ4n) is 9.07. The van der Waals surface area contributed by atoms with Crippen LogP contribution in [0.5, 0.6) is 5.75 Å². The summed E-state index contributed by atoms with van der Waals surface area (Å²) in [6.45, 7) is 2.81. The van der Waals surface area contributed by atoms with Crippen LogP contribution in [-0.2, 0) is 47.6 Å². The highest BCUT2D eigenvalue weighted by Gasteiger charge is 2.32. The summed E-state index contributed by atoms with van der Waals surface area (Å²) in [5.74, 6) is 2.57. The second-order valence-corrected chi connectivity index (χ2v) is 21.7. The van der Waals surface area contributed by atoms with Crippen LogP contribution in [0.15, 0.2) is 150 Å². The van der Waals surface area contributed by atoms with Gasteiger partial charge in [-0.1, -0.05) is 48.5 Å². The Hall–Kier alpha value is -8.78. The van der Waals surface area contributed by atoms with Crippen molar-refractivity contribution in [2.75, 3.05) is 36.2 Å². The van der Waals surface area contributed by atoms with E-state index in [9.17, 15) is 19.2 Å². The number of nitrogens with zero attached hydrogens (tertiary/aromatic N) is 10. The van der Waals surface area contributed by atoms with Gasteiger partial charge in [0.2, 0.25) is 17.7 Å². The van der Waals surface area contributed by atoms with E-state index in [0.29, 0.717) is 31.0 Å². The number of hydrogen-bond acceptors (Lipinski definition) is 18. The molecule has 2 saturated heterocycles. The number of H-pyrrole nitrogens is 3. The molecule has 418 valence electrons. The number of fused-ring (bicyclic) bond motifs is 3. The second-order valence-electron chi connectivity index (χ2n) is 18.8. The van der Waals surface area contributed by atoms with E-state index in [-0.39, 0.29) is 42.2 Å². The van der Waals surface area contributed by atoms with Crippen molar-refractivity contribution in [1.29, 1.82) is 0 Å². The maximum Gasteiger partial charge on any atom is 0.253 e. The average molecular weight is 1160 g/mol. The van der Waals surface area contributed by atoms with Gasteiger partial charge in [0.15, 0.2) is 16.9 Å². The molecule has 4 amide bonds. The molecule has 10 aromatic rings. The second kappa shape index (κ2) is 27.6. The predicted molar refractivity (Wildman–Crippen MR) is 315 cm³/mol. The van der Waals surface area contributed by atoms with Gasteiger partial charge in [0, 0.05) is 54.4 Å². The molecule has 6 aromatic heterocycles. The summed E-state index contributed by atoms with van der Waals surface area (Å²) >= 11 is 4.80. The molecule has 25 heteroatoms. The van der Waals surface area contributed by atoms with Gasteiger partial charge in [0.1, 0.15) is 52.0 Å². The summed E-state index contributed by atoms with van der Waals surface area (Å²) < 4.78 is 10.6. The number of amides is 4. The van der Waals surface area contributed by atoms with Crippen LogP contribution in [0, 0.1) is 0 Å². The molecule has 0 aliphatic carbocycles. The summed E-state index contributed by atoms with van der Waals surface area (Å²) in [6, 6.07) is 30.5. The lowest BCUT2D eigenvalue weighted by molar-refractivity contribution is -0.134. The number of ether oxygens (including phenoxy) is 2. The van der Waals surface area contributed by atoms with E-state index in [1.165, 1.54) is 25.9 Å². The minimum Gasteiger partial charge on any atom is -0.497 e. The van der Waals surface area contributed by atoms with Crippen LogP contribution in [-0.4, -0.2) is 121 Å². The number of methoxy groups -OCH3 is 1. The third-order valence-corrected chi connectivity index (χ3v) is 16.3. The Balaban J connectivity index is 0.000000138. The minimum atomic E-state index is -0.383. The van der Waals surface area contributed by atoms with Gasteiger partial charge in [-0.2, -0.15) is 15.3 Å². The average Bonchev–Trinajstić information content (AvgIpc) is 4.40. The zero-order valence-electron chi connectivity index (χ0n) is 44.6. The summed E-state index contributed by atoms with van der Waals surface area (Å²) in [5, 5.41) is 34.7. The SMILES string of the molecule is CC(=O)N1CCC[C@@H]1C(=O)Nc1cccc(CSc2ncnc3[nH]ncc23)c1.COc1cccc(CC(=O)Nc2cccc(CSc3ncnc4[nH]ncc34)c2)c1.O=C(Nc1cccc(CSc2ncnc3[nH]ncc23)c1)C1CCCO1. The number of anilines is 3. The van der Waals surface area contributed by atoms with Gasteiger partial charge in [0.25, 0.3) is 5.91 Å².